The summed E-state index contributed by atoms with van der Waals surface area (Å²) in [4.78, 5) is 12.1. The van der Waals surface area contributed by atoms with Crippen LogP contribution in [-0.4, -0.2) is 38.1 Å². The molecule has 2 aromatic carbocycles. The van der Waals surface area contributed by atoms with Crippen molar-refractivity contribution in [3.05, 3.63) is 96.1 Å². The van der Waals surface area contributed by atoms with Gasteiger partial charge in [0.15, 0.2) is 5.82 Å². The molecular formula is C27H25N7. The van der Waals surface area contributed by atoms with Gasteiger partial charge < -0.3 is 11.5 Å². The Balaban J connectivity index is 1.55. The molecule has 0 saturated carbocycles. The van der Waals surface area contributed by atoms with E-state index >= 15 is 0 Å². The highest BCUT2D eigenvalue weighted by Crippen LogP contribution is 2.37. The third kappa shape index (κ3) is 3.38. The predicted molar refractivity (Wildman–Crippen MR) is 135 cm³/mol. The summed E-state index contributed by atoms with van der Waals surface area (Å²) in [7, 11) is 2.11. The van der Waals surface area contributed by atoms with Gasteiger partial charge >= 0.3 is 0 Å². The second-order valence-corrected chi connectivity index (χ2v) is 8.77. The molecule has 0 spiro atoms. The fourth-order valence-electron chi connectivity index (χ4n) is 4.88. The van der Waals surface area contributed by atoms with Crippen molar-refractivity contribution in [3.8, 4) is 22.5 Å². The largest absolute Gasteiger partial charge is 0.399 e. The summed E-state index contributed by atoms with van der Waals surface area (Å²) in [5, 5.41) is 4.88. The first-order valence-corrected chi connectivity index (χ1v) is 11.3. The first kappa shape index (κ1) is 20.4. The highest BCUT2D eigenvalue weighted by Gasteiger charge is 2.29. The monoisotopic (exact) mass is 447 g/mol. The fraction of sp³-hybridized carbons (Fsp3) is 0.148. The number of fused-ring (bicyclic) bond motifs is 2. The van der Waals surface area contributed by atoms with Gasteiger partial charge in [0.25, 0.3) is 0 Å². The van der Waals surface area contributed by atoms with Gasteiger partial charge in [0.1, 0.15) is 5.69 Å². The van der Waals surface area contributed by atoms with Crippen molar-refractivity contribution < 1.29 is 0 Å². The lowest BCUT2D eigenvalue weighted by molar-refractivity contribution is 0.256. The molecule has 168 valence electrons. The molecule has 4 N–H and O–H groups in total. The lowest BCUT2D eigenvalue weighted by Gasteiger charge is -2.33. The summed E-state index contributed by atoms with van der Waals surface area (Å²) in [5.41, 5.74) is 20.7. The number of pyridine rings is 1. The maximum atomic E-state index is 6.15. The molecule has 1 aliphatic heterocycles. The van der Waals surface area contributed by atoms with E-state index < -0.39 is 0 Å². The molecule has 0 radical (unpaired) electrons. The Morgan fingerprint density at radius 1 is 0.941 bits per heavy atom. The predicted octanol–water partition coefficient (Wildman–Crippen LogP) is 4.20. The summed E-state index contributed by atoms with van der Waals surface area (Å²) in [5.74, 6) is 0.750. The molecule has 3 aromatic heterocycles. The van der Waals surface area contributed by atoms with Crippen LogP contribution in [0.5, 0.6) is 0 Å². The Labute approximate surface area is 197 Å². The number of likely N-dealkylation sites (N-methyl/N-ethyl adjacent to an activating group) is 1. The van der Waals surface area contributed by atoms with Gasteiger partial charge in [0.2, 0.25) is 0 Å². The minimum Gasteiger partial charge on any atom is -0.399 e. The normalized spacial score (nSPS) is 16.0. The molecule has 5 aromatic rings. The SMILES string of the molecule is CN1CCc2ccc(N)cc2C1c1nccc(-c2c(-c3cccc(N)c3)nn3ccccc23)n1. The maximum absolute atomic E-state index is 6.15. The molecule has 7 heteroatoms. The molecule has 0 aliphatic carbocycles. The molecule has 1 aliphatic rings. The lowest BCUT2D eigenvalue weighted by atomic mass is 9.91. The quantitative estimate of drug-likeness (QED) is 0.402. The van der Waals surface area contributed by atoms with E-state index in [0.717, 1.165) is 52.5 Å². The van der Waals surface area contributed by atoms with Crippen LogP contribution >= 0.6 is 0 Å². The molecule has 0 fully saturated rings. The lowest BCUT2D eigenvalue weighted by Crippen LogP contribution is -2.34. The number of aromatic nitrogens is 4. The zero-order chi connectivity index (χ0) is 23.2. The Morgan fingerprint density at radius 3 is 2.71 bits per heavy atom. The van der Waals surface area contributed by atoms with E-state index in [0.29, 0.717) is 5.69 Å². The summed E-state index contributed by atoms with van der Waals surface area (Å²) in [6, 6.07) is 21.9. The Kier molecular flexibility index (Phi) is 4.78. The van der Waals surface area contributed by atoms with Crippen molar-refractivity contribution in [2.75, 3.05) is 25.1 Å². The number of hydrogen-bond donors (Lipinski definition) is 2. The van der Waals surface area contributed by atoms with Gasteiger partial charge in [-0.25, -0.2) is 14.5 Å². The molecule has 0 amide bonds. The van der Waals surface area contributed by atoms with Crippen molar-refractivity contribution in [2.45, 2.75) is 12.5 Å². The number of rotatable bonds is 3. The first-order chi connectivity index (χ1) is 16.6. The number of anilines is 2. The topological polar surface area (TPSA) is 98.4 Å². The molecule has 34 heavy (non-hydrogen) atoms. The minimum atomic E-state index is -0.0649. The van der Waals surface area contributed by atoms with Crippen LogP contribution in [0.1, 0.15) is 23.0 Å². The van der Waals surface area contributed by atoms with Crippen molar-refractivity contribution >= 4 is 16.9 Å². The molecule has 1 atom stereocenters. The highest BCUT2D eigenvalue weighted by molar-refractivity contribution is 5.91. The van der Waals surface area contributed by atoms with E-state index in [4.69, 9.17) is 26.5 Å². The molecule has 1 unspecified atom stereocenters. The maximum Gasteiger partial charge on any atom is 0.150 e. The molecule has 0 saturated heterocycles. The zero-order valence-electron chi connectivity index (χ0n) is 18.9. The standard InChI is InChI=1S/C27H25N7/c1-33-14-11-17-8-9-20(29)16-21(17)26(33)27-30-12-10-22(31-27)24-23-7-2-3-13-34(23)32-25(24)18-5-4-6-19(28)15-18/h2-10,12-13,15-16,26H,11,14,28-29H2,1H3. The fourth-order valence-corrected chi connectivity index (χ4v) is 4.88. The second-order valence-electron chi connectivity index (χ2n) is 8.77. The van der Waals surface area contributed by atoms with Crippen LogP contribution in [0.15, 0.2) is 79.1 Å². The van der Waals surface area contributed by atoms with Crippen LogP contribution < -0.4 is 11.5 Å². The first-order valence-electron chi connectivity index (χ1n) is 11.3. The van der Waals surface area contributed by atoms with Crippen molar-refractivity contribution in [2.24, 2.45) is 0 Å². The average Bonchev–Trinajstić information content (AvgIpc) is 3.24. The van der Waals surface area contributed by atoms with E-state index in [1.807, 2.05) is 65.4 Å². The van der Waals surface area contributed by atoms with Gasteiger partial charge in [0.05, 0.1) is 22.8 Å². The van der Waals surface area contributed by atoms with E-state index in [2.05, 4.69) is 30.1 Å². The third-order valence-corrected chi connectivity index (χ3v) is 6.51. The van der Waals surface area contributed by atoms with Crippen LogP contribution in [0.2, 0.25) is 0 Å². The van der Waals surface area contributed by atoms with Gasteiger partial charge in [-0.15, -0.1) is 0 Å². The average molecular weight is 448 g/mol. The Hall–Kier alpha value is -4.23. The van der Waals surface area contributed by atoms with Crippen molar-refractivity contribution in [3.63, 3.8) is 0 Å². The van der Waals surface area contributed by atoms with Crippen molar-refractivity contribution in [1.29, 1.82) is 0 Å². The summed E-state index contributed by atoms with van der Waals surface area (Å²) < 4.78 is 1.89. The van der Waals surface area contributed by atoms with E-state index in [-0.39, 0.29) is 6.04 Å². The molecule has 7 nitrogen and oxygen atoms in total. The van der Waals surface area contributed by atoms with Gasteiger partial charge in [-0.1, -0.05) is 24.3 Å². The van der Waals surface area contributed by atoms with Crippen molar-refractivity contribution in [1.82, 2.24) is 24.5 Å². The third-order valence-electron chi connectivity index (χ3n) is 6.51. The van der Waals surface area contributed by atoms with Gasteiger partial charge in [-0.05, 0) is 67.1 Å². The molecule has 4 heterocycles. The van der Waals surface area contributed by atoms with Gasteiger partial charge in [-0.2, -0.15) is 5.10 Å². The van der Waals surface area contributed by atoms with Crippen LogP contribution in [0, 0.1) is 0 Å². The summed E-state index contributed by atoms with van der Waals surface area (Å²) in [6.07, 6.45) is 4.77. The minimum absolute atomic E-state index is 0.0649. The van der Waals surface area contributed by atoms with E-state index in [1.165, 1.54) is 11.1 Å². The summed E-state index contributed by atoms with van der Waals surface area (Å²) >= 11 is 0. The smallest absolute Gasteiger partial charge is 0.150 e. The number of benzene rings is 2. The van der Waals surface area contributed by atoms with E-state index in [9.17, 15) is 0 Å². The highest BCUT2D eigenvalue weighted by atomic mass is 15.2. The molecular weight excluding hydrogens is 422 g/mol. The van der Waals surface area contributed by atoms with Crippen LogP contribution in [0.4, 0.5) is 11.4 Å². The number of nitrogens with zero attached hydrogens (tertiary/aromatic N) is 5. The number of nitrogen functional groups attached to an aromatic ring is 2. The van der Waals surface area contributed by atoms with Gasteiger partial charge in [-0.3, -0.25) is 4.90 Å². The Morgan fingerprint density at radius 2 is 1.82 bits per heavy atom. The van der Waals surface area contributed by atoms with Crippen LogP contribution in [0.3, 0.4) is 0 Å². The second kappa shape index (κ2) is 7.97. The molecule has 6 rings (SSSR count). The van der Waals surface area contributed by atoms with Crippen LogP contribution in [0.25, 0.3) is 28.0 Å². The molecule has 0 bridgehead atoms. The van der Waals surface area contributed by atoms with Gasteiger partial charge in [0, 0.05) is 35.9 Å². The number of nitrogens with two attached hydrogens (primary N) is 2. The Bertz CT molecular complexity index is 1520. The summed E-state index contributed by atoms with van der Waals surface area (Å²) in [6.45, 7) is 0.931. The number of hydrogen-bond acceptors (Lipinski definition) is 6. The van der Waals surface area contributed by atoms with Crippen LogP contribution in [-0.2, 0) is 6.42 Å². The van der Waals surface area contributed by atoms with E-state index in [1.54, 1.807) is 0 Å². The zero-order valence-corrected chi connectivity index (χ0v) is 18.9.